The lowest BCUT2D eigenvalue weighted by atomic mass is 10.1. The summed E-state index contributed by atoms with van der Waals surface area (Å²) >= 11 is 0. The van der Waals surface area contributed by atoms with Crippen molar-refractivity contribution in [2.24, 2.45) is 7.05 Å². The summed E-state index contributed by atoms with van der Waals surface area (Å²) in [4.78, 5) is 17.9. The van der Waals surface area contributed by atoms with Gasteiger partial charge in [-0.1, -0.05) is 0 Å². The number of carboxylic acids is 2. The molecule has 1 rings (SSSR count). The van der Waals surface area contributed by atoms with Crippen LogP contribution in [0.5, 0.6) is 0 Å². The highest BCUT2D eigenvalue weighted by atomic mass is 16.4. The standard InChI is InChI=1S/C9H17N3.C2H2O4/c1-6(10-4)9-7(2)11-12(5)8(9)3;3-1(4)2(5)6/h6,10H,1-5H3;(H,3,4)(H,5,6)/p-2. The molecule has 0 amide bonds. The zero-order valence-electron chi connectivity index (χ0n) is 11.1. The van der Waals surface area contributed by atoms with Crippen molar-refractivity contribution in [3.63, 3.8) is 0 Å². The van der Waals surface area contributed by atoms with E-state index in [1.54, 1.807) is 0 Å². The van der Waals surface area contributed by atoms with Crippen LogP contribution in [0.1, 0.15) is 29.9 Å². The second kappa shape index (κ2) is 6.75. The molecule has 0 radical (unpaired) electrons. The van der Waals surface area contributed by atoms with Crippen molar-refractivity contribution in [1.82, 2.24) is 15.1 Å². The number of carbonyl (C=O) groups excluding carboxylic acids is 2. The minimum absolute atomic E-state index is 0.388. The number of rotatable bonds is 2. The van der Waals surface area contributed by atoms with E-state index in [0.29, 0.717) is 6.04 Å². The molecule has 0 aliphatic heterocycles. The maximum absolute atomic E-state index is 8.93. The van der Waals surface area contributed by atoms with Crippen molar-refractivity contribution in [1.29, 1.82) is 0 Å². The van der Waals surface area contributed by atoms with E-state index in [9.17, 15) is 0 Å². The van der Waals surface area contributed by atoms with E-state index < -0.39 is 11.9 Å². The highest BCUT2D eigenvalue weighted by Crippen LogP contribution is 2.19. The summed E-state index contributed by atoms with van der Waals surface area (Å²) in [5.41, 5.74) is 3.69. The molecular formula is C11H17N3O4-2. The number of nitrogens with one attached hydrogen (secondary N) is 1. The fourth-order valence-electron chi connectivity index (χ4n) is 1.56. The minimum Gasteiger partial charge on any atom is -0.543 e. The van der Waals surface area contributed by atoms with Crippen LogP contribution in [-0.2, 0) is 16.6 Å². The van der Waals surface area contributed by atoms with Crippen molar-refractivity contribution < 1.29 is 19.8 Å². The topological polar surface area (TPSA) is 110 Å². The molecule has 1 atom stereocenters. The van der Waals surface area contributed by atoms with Gasteiger partial charge in [0.25, 0.3) is 0 Å². The summed E-state index contributed by atoms with van der Waals surface area (Å²) in [6.07, 6.45) is 0. The second-order valence-corrected chi connectivity index (χ2v) is 3.79. The first-order valence-electron chi connectivity index (χ1n) is 5.32. The van der Waals surface area contributed by atoms with E-state index in [1.807, 2.05) is 18.8 Å². The number of aliphatic carboxylic acids is 2. The van der Waals surface area contributed by atoms with Gasteiger partial charge in [-0.25, -0.2) is 0 Å². The summed E-state index contributed by atoms with van der Waals surface area (Å²) in [6, 6.07) is 0.388. The molecule has 0 aliphatic rings. The van der Waals surface area contributed by atoms with Crippen LogP contribution in [-0.4, -0.2) is 28.8 Å². The summed E-state index contributed by atoms with van der Waals surface area (Å²) in [5, 5.41) is 25.4. The molecule has 7 heteroatoms. The third-order valence-electron chi connectivity index (χ3n) is 2.60. The molecule has 18 heavy (non-hydrogen) atoms. The Morgan fingerprint density at radius 3 is 1.94 bits per heavy atom. The summed E-state index contributed by atoms with van der Waals surface area (Å²) < 4.78 is 1.93. The average Bonchev–Trinajstić information content (AvgIpc) is 2.53. The Balaban J connectivity index is 0.000000411. The third kappa shape index (κ3) is 4.17. The molecule has 0 fully saturated rings. The highest BCUT2D eigenvalue weighted by Gasteiger charge is 2.13. The van der Waals surface area contributed by atoms with Gasteiger partial charge in [-0.05, 0) is 27.8 Å². The number of hydrogen-bond donors (Lipinski definition) is 1. The Kier molecular flexibility index (Phi) is 6.04. The number of carbonyl (C=O) groups is 2. The largest absolute Gasteiger partial charge is 0.543 e. The first-order chi connectivity index (χ1) is 8.22. The van der Waals surface area contributed by atoms with Crippen molar-refractivity contribution in [2.75, 3.05) is 7.05 Å². The smallest absolute Gasteiger partial charge is 0.0870 e. The van der Waals surface area contributed by atoms with Gasteiger partial charge in [-0.2, -0.15) is 5.10 Å². The van der Waals surface area contributed by atoms with Gasteiger partial charge in [0.2, 0.25) is 0 Å². The molecule has 0 spiro atoms. The quantitative estimate of drug-likeness (QED) is 0.601. The van der Waals surface area contributed by atoms with Crippen LogP contribution in [0.3, 0.4) is 0 Å². The molecule has 0 aromatic carbocycles. The summed E-state index contributed by atoms with van der Waals surface area (Å²) in [7, 11) is 3.95. The molecule has 0 saturated heterocycles. The van der Waals surface area contributed by atoms with Crippen molar-refractivity contribution >= 4 is 11.9 Å². The monoisotopic (exact) mass is 255 g/mol. The molecule has 0 saturated carbocycles. The summed E-state index contributed by atoms with van der Waals surface area (Å²) in [5.74, 6) is -4.37. The lowest BCUT2D eigenvalue weighted by molar-refractivity contribution is -0.345. The molecule has 1 N–H and O–H groups in total. The van der Waals surface area contributed by atoms with Crippen LogP contribution in [0.2, 0.25) is 0 Å². The van der Waals surface area contributed by atoms with Gasteiger partial charge >= 0.3 is 0 Å². The normalized spacial score (nSPS) is 11.4. The molecule has 7 nitrogen and oxygen atoms in total. The van der Waals surface area contributed by atoms with Gasteiger partial charge in [0.05, 0.1) is 17.6 Å². The first-order valence-corrected chi connectivity index (χ1v) is 5.32. The average molecular weight is 255 g/mol. The molecule has 0 aliphatic carbocycles. The minimum atomic E-state index is -2.19. The molecular weight excluding hydrogens is 238 g/mol. The van der Waals surface area contributed by atoms with Crippen LogP contribution in [0.25, 0.3) is 0 Å². The second-order valence-electron chi connectivity index (χ2n) is 3.79. The SMILES string of the molecule is CNC(C)c1c(C)nn(C)c1C.O=C([O-])C(=O)[O-]. The van der Waals surface area contributed by atoms with Crippen LogP contribution < -0.4 is 15.5 Å². The van der Waals surface area contributed by atoms with Gasteiger partial charge < -0.3 is 25.1 Å². The Labute approximate surface area is 105 Å². The van der Waals surface area contributed by atoms with Crippen molar-refractivity contribution in [3.05, 3.63) is 17.0 Å². The van der Waals surface area contributed by atoms with Crippen LogP contribution in [0, 0.1) is 13.8 Å². The maximum Gasteiger partial charge on any atom is 0.0870 e. The summed E-state index contributed by atoms with van der Waals surface area (Å²) in [6.45, 7) is 6.30. The molecule has 1 aromatic rings. The molecule has 1 unspecified atom stereocenters. The zero-order chi connectivity index (χ0) is 14.5. The fraction of sp³-hybridized carbons (Fsp3) is 0.545. The van der Waals surface area contributed by atoms with Crippen molar-refractivity contribution in [3.8, 4) is 0 Å². The highest BCUT2D eigenvalue weighted by molar-refractivity contribution is 6.25. The van der Waals surface area contributed by atoms with E-state index in [-0.39, 0.29) is 0 Å². The number of hydrogen-bond acceptors (Lipinski definition) is 6. The Bertz CT molecular complexity index is 428. The maximum atomic E-state index is 8.93. The van der Waals surface area contributed by atoms with Gasteiger partial charge in [0.1, 0.15) is 0 Å². The fourth-order valence-corrected chi connectivity index (χ4v) is 1.56. The van der Waals surface area contributed by atoms with E-state index in [4.69, 9.17) is 19.8 Å². The van der Waals surface area contributed by atoms with Gasteiger partial charge in [-0.15, -0.1) is 0 Å². The third-order valence-corrected chi connectivity index (χ3v) is 2.60. The van der Waals surface area contributed by atoms with Crippen LogP contribution >= 0.6 is 0 Å². The van der Waals surface area contributed by atoms with Gasteiger partial charge in [-0.3, -0.25) is 4.68 Å². The molecule has 1 aromatic heterocycles. The van der Waals surface area contributed by atoms with E-state index in [2.05, 4.69) is 31.2 Å². The van der Waals surface area contributed by atoms with Gasteiger partial charge in [0, 0.05) is 24.3 Å². The zero-order valence-corrected chi connectivity index (χ0v) is 11.1. The van der Waals surface area contributed by atoms with E-state index >= 15 is 0 Å². The molecule has 0 bridgehead atoms. The van der Waals surface area contributed by atoms with Gasteiger partial charge in [0.15, 0.2) is 0 Å². The lowest BCUT2D eigenvalue weighted by Crippen LogP contribution is -2.42. The van der Waals surface area contributed by atoms with E-state index in [1.165, 1.54) is 11.3 Å². The number of nitrogens with zero attached hydrogens (tertiary/aromatic N) is 2. The van der Waals surface area contributed by atoms with Crippen molar-refractivity contribution in [2.45, 2.75) is 26.8 Å². The predicted octanol–water partition coefficient (Wildman–Crippen LogP) is -2.20. The first kappa shape index (κ1) is 16.1. The Morgan fingerprint density at radius 1 is 1.28 bits per heavy atom. The van der Waals surface area contributed by atoms with E-state index in [0.717, 1.165) is 5.69 Å². The number of aryl methyl sites for hydroxylation is 2. The lowest BCUT2D eigenvalue weighted by Gasteiger charge is -2.10. The Hall–Kier alpha value is -1.89. The van der Waals surface area contributed by atoms with Crippen LogP contribution in [0.4, 0.5) is 0 Å². The predicted molar refractivity (Wildman–Crippen MR) is 60.2 cm³/mol. The Morgan fingerprint density at radius 2 is 1.72 bits per heavy atom. The number of aromatic nitrogens is 2. The number of carboxylic acid groups (broad SMARTS) is 2. The molecule has 102 valence electrons. The van der Waals surface area contributed by atoms with Crippen LogP contribution in [0.15, 0.2) is 0 Å². The molecule has 1 heterocycles.